The van der Waals surface area contributed by atoms with Crippen molar-refractivity contribution in [3.63, 3.8) is 0 Å². The molecular weight excluding hydrogens is 290 g/mol. The van der Waals surface area contributed by atoms with Gasteiger partial charge in [0.05, 0.1) is 11.3 Å². The lowest BCUT2D eigenvalue weighted by Crippen LogP contribution is -2.23. The fourth-order valence-corrected chi connectivity index (χ4v) is 2.74. The smallest absolute Gasteiger partial charge is 0.253 e. The zero-order valence-corrected chi connectivity index (χ0v) is 13.7. The van der Waals surface area contributed by atoms with E-state index in [9.17, 15) is 4.79 Å². The van der Waals surface area contributed by atoms with Crippen molar-refractivity contribution in [3.8, 4) is 0 Å². The maximum absolute atomic E-state index is 12.4. The molecule has 23 heavy (non-hydrogen) atoms. The van der Waals surface area contributed by atoms with E-state index in [0.29, 0.717) is 12.1 Å². The number of nitrogens with zero attached hydrogens (tertiary/aromatic N) is 4. The lowest BCUT2D eigenvalue weighted by molar-refractivity contribution is 0.0950. The third-order valence-corrected chi connectivity index (χ3v) is 4.04. The van der Waals surface area contributed by atoms with E-state index in [1.54, 1.807) is 18.5 Å². The molecule has 0 aromatic carbocycles. The molecule has 0 spiro atoms. The number of aryl methyl sites for hydroxylation is 2. The van der Waals surface area contributed by atoms with Gasteiger partial charge in [0, 0.05) is 42.9 Å². The van der Waals surface area contributed by atoms with Crippen molar-refractivity contribution >= 4 is 11.6 Å². The molecule has 3 rings (SSSR count). The Balaban J connectivity index is 1.73. The first-order valence-electron chi connectivity index (χ1n) is 7.84. The summed E-state index contributed by atoms with van der Waals surface area (Å²) in [4.78, 5) is 16.5. The summed E-state index contributed by atoms with van der Waals surface area (Å²) in [5.41, 5.74) is 4.63. The van der Waals surface area contributed by atoms with E-state index in [1.165, 1.54) is 0 Å². The molecule has 3 aromatic heterocycles. The molecule has 0 aliphatic rings. The van der Waals surface area contributed by atoms with Crippen LogP contribution in [0.15, 0.2) is 30.7 Å². The number of nitrogens with one attached hydrogen (secondary N) is 1. The average molecular weight is 311 g/mol. The molecule has 120 valence electrons. The standard InChI is InChI=1S/C17H21N5O/c1-4-8-22-13(3)15(12(2)20-22)10-19-17(23)14-5-6-16-18-7-9-21(16)11-14/h5-7,9,11H,4,8,10H2,1-3H3,(H,19,23). The number of hydrogen-bond donors (Lipinski definition) is 1. The van der Waals surface area contributed by atoms with E-state index in [0.717, 1.165) is 35.6 Å². The van der Waals surface area contributed by atoms with Crippen LogP contribution in [0.5, 0.6) is 0 Å². The van der Waals surface area contributed by atoms with Crippen LogP contribution in [0.3, 0.4) is 0 Å². The fourth-order valence-electron chi connectivity index (χ4n) is 2.74. The second-order valence-corrected chi connectivity index (χ2v) is 5.67. The van der Waals surface area contributed by atoms with Crippen LogP contribution in [0.1, 0.15) is 40.7 Å². The number of fused-ring (bicyclic) bond motifs is 1. The first-order valence-corrected chi connectivity index (χ1v) is 7.84. The number of rotatable bonds is 5. The molecule has 6 heteroatoms. The Kier molecular flexibility index (Phi) is 4.14. The third-order valence-electron chi connectivity index (χ3n) is 4.04. The fraction of sp³-hybridized carbons (Fsp3) is 0.353. The second kappa shape index (κ2) is 6.24. The largest absolute Gasteiger partial charge is 0.348 e. The average Bonchev–Trinajstić information content (AvgIpc) is 3.10. The van der Waals surface area contributed by atoms with Gasteiger partial charge in [-0.2, -0.15) is 5.10 Å². The predicted molar refractivity (Wildman–Crippen MR) is 88.4 cm³/mol. The van der Waals surface area contributed by atoms with E-state index in [2.05, 4.69) is 29.2 Å². The molecule has 0 saturated heterocycles. The van der Waals surface area contributed by atoms with Gasteiger partial charge >= 0.3 is 0 Å². The first kappa shape index (κ1) is 15.3. The van der Waals surface area contributed by atoms with Crippen LogP contribution in [0, 0.1) is 13.8 Å². The minimum Gasteiger partial charge on any atom is -0.348 e. The van der Waals surface area contributed by atoms with Crippen molar-refractivity contribution in [3.05, 3.63) is 53.2 Å². The summed E-state index contributed by atoms with van der Waals surface area (Å²) < 4.78 is 3.85. The van der Waals surface area contributed by atoms with Gasteiger partial charge in [-0.1, -0.05) is 6.92 Å². The molecule has 0 saturated carbocycles. The van der Waals surface area contributed by atoms with Gasteiger partial charge < -0.3 is 9.72 Å². The molecule has 0 unspecified atom stereocenters. The normalized spacial score (nSPS) is 11.1. The summed E-state index contributed by atoms with van der Waals surface area (Å²) in [7, 11) is 0. The van der Waals surface area contributed by atoms with Gasteiger partial charge in [-0.05, 0) is 32.4 Å². The minimum atomic E-state index is -0.0948. The SMILES string of the molecule is CCCn1nc(C)c(CNC(=O)c2ccc3nccn3c2)c1C. The van der Waals surface area contributed by atoms with Crippen LogP contribution in [0.25, 0.3) is 5.65 Å². The highest BCUT2D eigenvalue weighted by Crippen LogP contribution is 2.13. The topological polar surface area (TPSA) is 64.2 Å². The molecule has 1 N–H and O–H groups in total. The molecule has 1 amide bonds. The van der Waals surface area contributed by atoms with Crippen LogP contribution < -0.4 is 5.32 Å². The number of imidazole rings is 1. The highest BCUT2D eigenvalue weighted by Gasteiger charge is 2.13. The molecule has 0 aliphatic carbocycles. The monoisotopic (exact) mass is 311 g/mol. The Bertz CT molecular complexity index is 846. The van der Waals surface area contributed by atoms with Crippen LogP contribution in [-0.4, -0.2) is 25.1 Å². The van der Waals surface area contributed by atoms with E-state index in [-0.39, 0.29) is 5.91 Å². The number of carbonyl (C=O) groups is 1. The van der Waals surface area contributed by atoms with E-state index < -0.39 is 0 Å². The van der Waals surface area contributed by atoms with Gasteiger partial charge in [-0.3, -0.25) is 9.48 Å². The first-order chi connectivity index (χ1) is 11.1. The molecule has 3 heterocycles. The molecule has 0 atom stereocenters. The highest BCUT2D eigenvalue weighted by atomic mass is 16.1. The van der Waals surface area contributed by atoms with Crippen molar-refractivity contribution in [1.82, 2.24) is 24.5 Å². The Morgan fingerprint density at radius 1 is 1.30 bits per heavy atom. The highest BCUT2D eigenvalue weighted by molar-refractivity contribution is 5.94. The predicted octanol–water partition coefficient (Wildman–Crippen LogP) is 2.49. The maximum atomic E-state index is 12.4. The van der Waals surface area contributed by atoms with Gasteiger partial charge in [0.2, 0.25) is 0 Å². The van der Waals surface area contributed by atoms with Crippen molar-refractivity contribution in [1.29, 1.82) is 0 Å². The van der Waals surface area contributed by atoms with Crippen molar-refractivity contribution in [2.24, 2.45) is 0 Å². The Labute approximate surface area is 135 Å². The summed E-state index contributed by atoms with van der Waals surface area (Å²) in [6, 6.07) is 3.63. The van der Waals surface area contributed by atoms with E-state index >= 15 is 0 Å². The summed E-state index contributed by atoms with van der Waals surface area (Å²) in [6.45, 7) is 7.55. The Morgan fingerprint density at radius 3 is 2.91 bits per heavy atom. The molecule has 0 fully saturated rings. The molecule has 0 bridgehead atoms. The molecular formula is C17H21N5O. The lowest BCUT2D eigenvalue weighted by Gasteiger charge is -2.07. The van der Waals surface area contributed by atoms with Gasteiger partial charge in [-0.15, -0.1) is 0 Å². The van der Waals surface area contributed by atoms with Crippen molar-refractivity contribution in [2.75, 3.05) is 0 Å². The van der Waals surface area contributed by atoms with Gasteiger partial charge in [0.25, 0.3) is 5.91 Å². The summed E-state index contributed by atoms with van der Waals surface area (Å²) in [5, 5.41) is 7.52. The number of hydrogen-bond acceptors (Lipinski definition) is 3. The summed E-state index contributed by atoms with van der Waals surface area (Å²) in [6.07, 6.45) is 6.37. The van der Waals surface area contributed by atoms with E-state index in [4.69, 9.17) is 0 Å². The van der Waals surface area contributed by atoms with E-state index in [1.807, 2.05) is 28.3 Å². The molecule has 0 radical (unpaired) electrons. The third kappa shape index (κ3) is 2.97. The Hall–Kier alpha value is -2.63. The number of pyridine rings is 1. The van der Waals surface area contributed by atoms with Gasteiger partial charge in [0.1, 0.15) is 5.65 Å². The van der Waals surface area contributed by atoms with Crippen molar-refractivity contribution in [2.45, 2.75) is 40.3 Å². The quantitative estimate of drug-likeness (QED) is 0.787. The Morgan fingerprint density at radius 2 is 2.13 bits per heavy atom. The summed E-state index contributed by atoms with van der Waals surface area (Å²) in [5.74, 6) is -0.0948. The van der Waals surface area contributed by atoms with Crippen LogP contribution in [0.4, 0.5) is 0 Å². The van der Waals surface area contributed by atoms with Crippen LogP contribution in [0.2, 0.25) is 0 Å². The van der Waals surface area contributed by atoms with Crippen LogP contribution >= 0.6 is 0 Å². The van der Waals surface area contributed by atoms with Gasteiger partial charge in [-0.25, -0.2) is 4.98 Å². The summed E-state index contributed by atoms with van der Waals surface area (Å²) >= 11 is 0. The number of amides is 1. The minimum absolute atomic E-state index is 0.0948. The molecule has 6 nitrogen and oxygen atoms in total. The number of carbonyl (C=O) groups excluding carboxylic acids is 1. The number of aromatic nitrogens is 4. The van der Waals surface area contributed by atoms with Crippen LogP contribution in [-0.2, 0) is 13.1 Å². The molecule has 0 aliphatic heterocycles. The van der Waals surface area contributed by atoms with Gasteiger partial charge in [0.15, 0.2) is 0 Å². The van der Waals surface area contributed by atoms with Crippen molar-refractivity contribution < 1.29 is 4.79 Å². The molecule has 3 aromatic rings. The lowest BCUT2D eigenvalue weighted by atomic mass is 10.2. The maximum Gasteiger partial charge on any atom is 0.253 e. The zero-order chi connectivity index (χ0) is 16.4. The zero-order valence-electron chi connectivity index (χ0n) is 13.7. The second-order valence-electron chi connectivity index (χ2n) is 5.67.